The maximum atomic E-state index is 12.8. The summed E-state index contributed by atoms with van der Waals surface area (Å²) in [5, 5.41) is 12.9. The van der Waals surface area contributed by atoms with Crippen LogP contribution in [-0.2, 0) is 6.18 Å². The Morgan fingerprint density at radius 2 is 1.71 bits per heavy atom. The maximum absolute atomic E-state index is 12.8. The normalized spacial score (nSPS) is 11.2. The molecule has 34 heavy (non-hydrogen) atoms. The highest BCUT2D eigenvalue weighted by molar-refractivity contribution is 5.69. The molecular formula is C23H18F3N5O3. The van der Waals surface area contributed by atoms with Gasteiger partial charge in [0.05, 0.1) is 12.8 Å². The van der Waals surface area contributed by atoms with Crippen LogP contribution in [0.5, 0.6) is 23.0 Å². The van der Waals surface area contributed by atoms with Crippen LogP contribution in [0.25, 0.3) is 11.3 Å². The molecule has 0 unspecified atom stereocenters. The quantitative estimate of drug-likeness (QED) is 0.344. The first-order valence-corrected chi connectivity index (χ1v) is 9.81. The number of pyridine rings is 1. The van der Waals surface area contributed by atoms with E-state index in [2.05, 4.69) is 20.3 Å². The van der Waals surface area contributed by atoms with Crippen LogP contribution in [0, 0.1) is 0 Å². The summed E-state index contributed by atoms with van der Waals surface area (Å²) >= 11 is 0. The van der Waals surface area contributed by atoms with Gasteiger partial charge in [-0.25, -0.2) is 4.98 Å². The van der Waals surface area contributed by atoms with Crippen molar-refractivity contribution in [2.75, 3.05) is 18.2 Å². The van der Waals surface area contributed by atoms with E-state index in [9.17, 15) is 18.3 Å². The number of ether oxygens (including phenoxy) is 2. The van der Waals surface area contributed by atoms with E-state index < -0.39 is 11.9 Å². The molecule has 2 aromatic heterocycles. The lowest BCUT2D eigenvalue weighted by molar-refractivity contribution is -0.141. The first-order chi connectivity index (χ1) is 16.2. The number of nitrogens with one attached hydrogen (secondary N) is 1. The highest BCUT2D eigenvalue weighted by Gasteiger charge is 2.32. The molecule has 8 nitrogen and oxygen atoms in total. The number of rotatable bonds is 6. The van der Waals surface area contributed by atoms with Gasteiger partial charge in [0, 0.05) is 29.6 Å². The molecule has 4 N–H and O–H groups in total. The number of benzene rings is 2. The molecule has 0 saturated heterocycles. The maximum Gasteiger partial charge on any atom is 0.433 e. The van der Waals surface area contributed by atoms with E-state index in [0.717, 1.165) is 12.3 Å². The summed E-state index contributed by atoms with van der Waals surface area (Å²) in [7, 11) is 1.44. The lowest BCUT2D eigenvalue weighted by Gasteiger charge is -2.11. The molecule has 0 aliphatic rings. The lowest BCUT2D eigenvalue weighted by atomic mass is 10.1. The number of phenols is 1. The summed E-state index contributed by atoms with van der Waals surface area (Å²) in [5.41, 5.74) is 6.61. The molecule has 174 valence electrons. The number of hydrogen-bond donors (Lipinski definition) is 3. The summed E-state index contributed by atoms with van der Waals surface area (Å²) < 4.78 is 49.1. The fraction of sp³-hybridized carbons (Fsp3) is 0.0870. The molecule has 2 heterocycles. The van der Waals surface area contributed by atoms with Gasteiger partial charge in [-0.2, -0.15) is 18.2 Å². The summed E-state index contributed by atoms with van der Waals surface area (Å²) in [6, 6.07) is 15.1. The van der Waals surface area contributed by atoms with Gasteiger partial charge in [0.15, 0.2) is 11.5 Å². The first kappa shape index (κ1) is 22.6. The molecule has 4 aromatic rings. The Morgan fingerprint density at radius 1 is 0.941 bits per heavy atom. The van der Waals surface area contributed by atoms with Crippen molar-refractivity contribution in [3.8, 4) is 34.3 Å². The lowest BCUT2D eigenvalue weighted by Crippen LogP contribution is -2.07. The summed E-state index contributed by atoms with van der Waals surface area (Å²) in [4.78, 5) is 11.7. The number of aromatic nitrogens is 3. The van der Waals surface area contributed by atoms with E-state index in [1.165, 1.54) is 19.2 Å². The van der Waals surface area contributed by atoms with E-state index in [1.54, 1.807) is 42.5 Å². The molecule has 0 saturated carbocycles. The third kappa shape index (κ3) is 5.26. The number of halogens is 3. The third-order valence-electron chi connectivity index (χ3n) is 4.60. The number of nitrogen functional groups attached to an aromatic ring is 1. The molecule has 0 radical (unpaired) electrons. The second-order valence-electron chi connectivity index (χ2n) is 7.01. The standard InChI is InChI=1S/C23H18F3N5O3/c1-33-19-10-13(2-7-18(19)32)17-12-21(31-22(27)30-17)29-14-3-5-15(6-4-14)34-16-8-9-28-20(11-16)23(24,25)26/h2-12,32H,1H3,(H3,27,29,30,31). The zero-order valence-corrected chi connectivity index (χ0v) is 17.7. The number of alkyl halides is 3. The summed E-state index contributed by atoms with van der Waals surface area (Å²) in [6.07, 6.45) is -3.52. The Bertz CT molecular complexity index is 1310. The molecule has 4 rings (SSSR count). The molecule has 11 heteroatoms. The third-order valence-corrected chi connectivity index (χ3v) is 4.60. The molecule has 0 fully saturated rings. The van der Waals surface area contributed by atoms with Crippen molar-refractivity contribution in [1.82, 2.24) is 15.0 Å². The Balaban J connectivity index is 1.51. The van der Waals surface area contributed by atoms with Crippen LogP contribution >= 0.6 is 0 Å². The Kier molecular flexibility index (Phi) is 6.09. The molecular weight excluding hydrogens is 451 g/mol. The minimum atomic E-state index is -4.56. The average Bonchev–Trinajstić information content (AvgIpc) is 2.80. The van der Waals surface area contributed by atoms with Gasteiger partial charge in [-0.1, -0.05) is 0 Å². The number of nitrogens with zero attached hydrogens (tertiary/aromatic N) is 3. The minimum absolute atomic E-state index is 0.00432. The van der Waals surface area contributed by atoms with Gasteiger partial charge in [-0.15, -0.1) is 0 Å². The van der Waals surface area contributed by atoms with E-state index in [0.29, 0.717) is 28.5 Å². The Labute approximate surface area is 191 Å². The zero-order chi connectivity index (χ0) is 24.3. The average molecular weight is 469 g/mol. The smallest absolute Gasteiger partial charge is 0.433 e. The number of methoxy groups -OCH3 is 1. The number of hydrogen-bond acceptors (Lipinski definition) is 8. The highest BCUT2D eigenvalue weighted by Crippen LogP contribution is 2.33. The van der Waals surface area contributed by atoms with Gasteiger partial charge >= 0.3 is 6.18 Å². The second-order valence-corrected chi connectivity index (χ2v) is 7.01. The highest BCUT2D eigenvalue weighted by atomic mass is 19.4. The number of anilines is 3. The number of nitrogens with two attached hydrogens (primary N) is 1. The van der Waals surface area contributed by atoms with Crippen LogP contribution in [0.4, 0.5) is 30.6 Å². The largest absolute Gasteiger partial charge is 0.504 e. The summed E-state index contributed by atoms with van der Waals surface area (Å²) in [5.74, 6) is 1.08. The molecule has 0 bridgehead atoms. The molecule has 2 aromatic carbocycles. The van der Waals surface area contributed by atoms with Crippen molar-refractivity contribution in [2.45, 2.75) is 6.18 Å². The zero-order valence-electron chi connectivity index (χ0n) is 17.7. The Hall–Kier alpha value is -4.54. The molecule has 0 amide bonds. The molecule has 0 aliphatic carbocycles. The van der Waals surface area contributed by atoms with Crippen LogP contribution in [0.15, 0.2) is 66.9 Å². The number of phenolic OH excluding ortho intramolecular Hbond substituents is 1. The Morgan fingerprint density at radius 3 is 2.41 bits per heavy atom. The summed E-state index contributed by atoms with van der Waals surface area (Å²) in [6.45, 7) is 0. The number of aromatic hydroxyl groups is 1. The van der Waals surface area contributed by atoms with Gasteiger partial charge in [0.2, 0.25) is 5.95 Å². The van der Waals surface area contributed by atoms with E-state index >= 15 is 0 Å². The van der Waals surface area contributed by atoms with Crippen LogP contribution < -0.4 is 20.5 Å². The van der Waals surface area contributed by atoms with Crippen molar-refractivity contribution >= 4 is 17.5 Å². The second kappa shape index (κ2) is 9.14. The SMILES string of the molecule is COc1cc(-c2cc(Nc3ccc(Oc4ccnc(C(F)(F)F)c4)cc3)nc(N)n2)ccc1O. The van der Waals surface area contributed by atoms with Gasteiger partial charge < -0.3 is 25.6 Å². The van der Waals surface area contributed by atoms with Crippen LogP contribution in [0.2, 0.25) is 0 Å². The molecule has 0 spiro atoms. The van der Waals surface area contributed by atoms with E-state index in [1.807, 2.05) is 0 Å². The van der Waals surface area contributed by atoms with E-state index in [-0.39, 0.29) is 23.2 Å². The topological polar surface area (TPSA) is 115 Å². The predicted molar refractivity (Wildman–Crippen MR) is 119 cm³/mol. The van der Waals surface area contributed by atoms with Crippen LogP contribution in [-0.4, -0.2) is 27.2 Å². The van der Waals surface area contributed by atoms with Gasteiger partial charge in [0.25, 0.3) is 0 Å². The first-order valence-electron chi connectivity index (χ1n) is 9.81. The molecule has 0 aliphatic heterocycles. The fourth-order valence-electron chi connectivity index (χ4n) is 3.03. The van der Waals surface area contributed by atoms with Gasteiger partial charge in [-0.05, 0) is 48.5 Å². The predicted octanol–water partition coefficient (Wildman–Crippen LogP) is 5.39. The van der Waals surface area contributed by atoms with Crippen molar-refractivity contribution in [2.24, 2.45) is 0 Å². The van der Waals surface area contributed by atoms with Gasteiger partial charge in [0.1, 0.15) is 23.0 Å². The minimum Gasteiger partial charge on any atom is -0.504 e. The van der Waals surface area contributed by atoms with Crippen molar-refractivity contribution in [3.05, 3.63) is 72.6 Å². The van der Waals surface area contributed by atoms with Crippen molar-refractivity contribution < 1.29 is 27.8 Å². The van der Waals surface area contributed by atoms with Gasteiger partial charge in [-0.3, -0.25) is 4.98 Å². The van der Waals surface area contributed by atoms with Crippen molar-refractivity contribution in [1.29, 1.82) is 0 Å². The van der Waals surface area contributed by atoms with Crippen LogP contribution in [0.1, 0.15) is 5.69 Å². The van der Waals surface area contributed by atoms with Crippen molar-refractivity contribution in [3.63, 3.8) is 0 Å². The van der Waals surface area contributed by atoms with Crippen LogP contribution in [0.3, 0.4) is 0 Å². The molecule has 0 atom stereocenters. The van der Waals surface area contributed by atoms with E-state index in [4.69, 9.17) is 15.2 Å². The fourth-order valence-corrected chi connectivity index (χ4v) is 3.03. The monoisotopic (exact) mass is 469 g/mol.